The molecule has 0 aromatic carbocycles. The van der Waals surface area contributed by atoms with Crippen LogP contribution < -0.4 is 0 Å². The average molecular weight is 153 g/mol. The van der Waals surface area contributed by atoms with Gasteiger partial charge in [-0.1, -0.05) is 34.3 Å². The van der Waals surface area contributed by atoms with E-state index in [0.717, 1.165) is 6.42 Å². The number of rotatable bonds is 1. The predicted octanol–water partition coefficient (Wildman–Crippen LogP) is 3.31. The second-order valence-corrected chi connectivity index (χ2v) is 1.71. The summed E-state index contributed by atoms with van der Waals surface area (Å²) in [6, 6.07) is 4.03. The van der Waals surface area contributed by atoms with Gasteiger partial charge in [0.1, 0.15) is 0 Å². The number of nitrogens with zero attached hydrogens (tertiary/aromatic N) is 1. The van der Waals surface area contributed by atoms with Gasteiger partial charge in [0.25, 0.3) is 0 Å². The summed E-state index contributed by atoms with van der Waals surface area (Å²) in [6.07, 6.45) is 4.76. The molecule has 1 heteroatoms. The van der Waals surface area contributed by atoms with Gasteiger partial charge in [0.2, 0.25) is 0 Å². The zero-order valence-electron chi connectivity index (χ0n) is 6.96. The molecule has 0 aliphatic carbocycles. The average Bonchev–Trinajstić information content (AvgIpc) is 2.10. The van der Waals surface area contributed by atoms with E-state index in [1.54, 1.807) is 6.20 Å². The minimum Gasteiger partial charge on any atom is -0.264 e. The Bertz CT molecular complexity index is 146. The summed E-state index contributed by atoms with van der Waals surface area (Å²) in [6.45, 7) is 6.12. The summed E-state index contributed by atoms with van der Waals surface area (Å²) < 4.78 is 0. The van der Waals surface area contributed by atoms with Gasteiger partial charge in [0.05, 0.1) is 0 Å². The van der Waals surface area contributed by atoms with Gasteiger partial charge in [-0.3, -0.25) is 4.98 Å². The van der Waals surface area contributed by atoms with Crippen molar-refractivity contribution in [2.45, 2.75) is 34.6 Å². The molecule has 11 heavy (non-hydrogen) atoms. The first kappa shape index (κ1) is 12.8. The summed E-state index contributed by atoms with van der Waals surface area (Å²) >= 11 is 0. The van der Waals surface area contributed by atoms with E-state index < -0.39 is 0 Å². The normalized spacial score (nSPS) is 7.18. The lowest BCUT2D eigenvalue weighted by Crippen LogP contribution is -1.77. The summed E-state index contributed by atoms with van der Waals surface area (Å²) in [5.41, 5.74) is 1.30. The highest BCUT2D eigenvalue weighted by Crippen LogP contribution is 1.93. The number of hydrogen-bond acceptors (Lipinski definition) is 1. The van der Waals surface area contributed by atoms with E-state index in [4.69, 9.17) is 0 Å². The van der Waals surface area contributed by atoms with Gasteiger partial charge >= 0.3 is 0 Å². The fourth-order valence-corrected chi connectivity index (χ4v) is 0.607. The molecular weight excluding hydrogens is 134 g/mol. The van der Waals surface area contributed by atoms with E-state index in [9.17, 15) is 0 Å². The smallest absolute Gasteiger partial charge is 0.0299 e. The van der Waals surface area contributed by atoms with E-state index in [0.29, 0.717) is 0 Å². The minimum absolute atomic E-state index is 0. The molecule has 0 bridgehead atoms. The third kappa shape index (κ3) is 5.59. The highest BCUT2D eigenvalue weighted by Gasteiger charge is 1.81. The molecule has 1 aromatic heterocycles. The zero-order valence-corrected chi connectivity index (χ0v) is 6.96. The Balaban J connectivity index is 0. The van der Waals surface area contributed by atoms with E-state index in [1.807, 2.05) is 26.1 Å². The molecule has 0 aliphatic heterocycles. The first-order chi connectivity index (χ1) is 4.93. The topological polar surface area (TPSA) is 12.9 Å². The van der Waals surface area contributed by atoms with Gasteiger partial charge in [-0.25, -0.2) is 0 Å². The first-order valence-electron chi connectivity index (χ1n) is 3.82. The standard InChI is InChI=1S/C7H9N.C2H6.CH4/c1-2-7-4-3-5-8-6-7;1-2;/h3-6H,2H2,1H3;1-2H3;1H4. The van der Waals surface area contributed by atoms with Gasteiger partial charge in [-0.2, -0.15) is 0 Å². The molecule has 0 saturated heterocycles. The fourth-order valence-electron chi connectivity index (χ4n) is 0.607. The highest BCUT2D eigenvalue weighted by atomic mass is 14.6. The van der Waals surface area contributed by atoms with E-state index >= 15 is 0 Å². The maximum Gasteiger partial charge on any atom is 0.0299 e. The lowest BCUT2D eigenvalue weighted by atomic mass is 10.2. The van der Waals surface area contributed by atoms with Gasteiger partial charge in [-0.05, 0) is 18.1 Å². The van der Waals surface area contributed by atoms with Crippen molar-refractivity contribution in [2.24, 2.45) is 0 Å². The lowest BCUT2D eigenvalue weighted by molar-refractivity contribution is 1.10. The molecular formula is C10H19N. The van der Waals surface area contributed by atoms with Crippen molar-refractivity contribution in [1.29, 1.82) is 0 Å². The minimum atomic E-state index is 0. The molecule has 1 rings (SSSR count). The van der Waals surface area contributed by atoms with Crippen LogP contribution >= 0.6 is 0 Å². The Morgan fingerprint density at radius 1 is 1.36 bits per heavy atom. The summed E-state index contributed by atoms with van der Waals surface area (Å²) in [5.74, 6) is 0. The Kier molecular flexibility index (Phi) is 10.6. The molecule has 0 fully saturated rings. The second-order valence-electron chi connectivity index (χ2n) is 1.71. The van der Waals surface area contributed by atoms with E-state index in [2.05, 4.69) is 18.0 Å². The molecule has 64 valence electrons. The van der Waals surface area contributed by atoms with Crippen molar-refractivity contribution < 1.29 is 0 Å². The zero-order chi connectivity index (χ0) is 7.82. The quantitative estimate of drug-likeness (QED) is 0.603. The van der Waals surface area contributed by atoms with Crippen LogP contribution in [0.2, 0.25) is 0 Å². The number of aromatic nitrogens is 1. The molecule has 0 radical (unpaired) electrons. The van der Waals surface area contributed by atoms with Gasteiger partial charge in [0.15, 0.2) is 0 Å². The van der Waals surface area contributed by atoms with Crippen LogP contribution in [-0.2, 0) is 6.42 Å². The Morgan fingerprint density at radius 2 is 2.00 bits per heavy atom. The second kappa shape index (κ2) is 9.15. The Labute approximate surface area is 70.5 Å². The summed E-state index contributed by atoms with van der Waals surface area (Å²) in [7, 11) is 0. The summed E-state index contributed by atoms with van der Waals surface area (Å²) in [5, 5.41) is 0. The van der Waals surface area contributed by atoms with Crippen molar-refractivity contribution in [3.8, 4) is 0 Å². The summed E-state index contributed by atoms with van der Waals surface area (Å²) in [4.78, 5) is 3.96. The Morgan fingerprint density at radius 3 is 2.27 bits per heavy atom. The van der Waals surface area contributed by atoms with Crippen LogP contribution in [-0.4, -0.2) is 4.98 Å². The van der Waals surface area contributed by atoms with Crippen LogP contribution in [0.3, 0.4) is 0 Å². The van der Waals surface area contributed by atoms with Crippen molar-refractivity contribution in [3.05, 3.63) is 30.1 Å². The predicted molar refractivity (Wildman–Crippen MR) is 51.7 cm³/mol. The van der Waals surface area contributed by atoms with Crippen molar-refractivity contribution in [1.82, 2.24) is 4.98 Å². The number of pyridine rings is 1. The van der Waals surface area contributed by atoms with Crippen LogP contribution in [0, 0.1) is 0 Å². The van der Waals surface area contributed by atoms with Crippen molar-refractivity contribution in [3.63, 3.8) is 0 Å². The monoisotopic (exact) mass is 153 g/mol. The molecule has 1 aromatic rings. The lowest BCUT2D eigenvalue weighted by Gasteiger charge is -1.88. The Hall–Kier alpha value is -0.850. The molecule has 0 aliphatic rings. The fraction of sp³-hybridized carbons (Fsp3) is 0.500. The van der Waals surface area contributed by atoms with Gasteiger partial charge < -0.3 is 0 Å². The molecule has 1 nitrogen and oxygen atoms in total. The molecule has 0 N–H and O–H groups in total. The molecule has 0 atom stereocenters. The van der Waals surface area contributed by atoms with Gasteiger partial charge in [0, 0.05) is 12.4 Å². The highest BCUT2D eigenvalue weighted by molar-refractivity contribution is 5.07. The van der Waals surface area contributed by atoms with Gasteiger partial charge in [-0.15, -0.1) is 0 Å². The molecule has 0 unspecified atom stereocenters. The maximum atomic E-state index is 3.96. The largest absolute Gasteiger partial charge is 0.264 e. The van der Waals surface area contributed by atoms with E-state index in [1.165, 1.54) is 5.56 Å². The third-order valence-corrected chi connectivity index (χ3v) is 1.13. The van der Waals surface area contributed by atoms with Crippen molar-refractivity contribution >= 4 is 0 Å². The first-order valence-corrected chi connectivity index (χ1v) is 3.82. The molecule has 0 spiro atoms. The number of aryl methyl sites for hydroxylation is 1. The SMILES string of the molecule is C.CC.CCc1cccnc1. The van der Waals surface area contributed by atoms with Crippen LogP contribution in [0.4, 0.5) is 0 Å². The van der Waals surface area contributed by atoms with Crippen LogP contribution in [0.15, 0.2) is 24.5 Å². The third-order valence-electron chi connectivity index (χ3n) is 1.13. The molecule has 0 amide bonds. The van der Waals surface area contributed by atoms with Crippen LogP contribution in [0.25, 0.3) is 0 Å². The van der Waals surface area contributed by atoms with Crippen LogP contribution in [0.5, 0.6) is 0 Å². The van der Waals surface area contributed by atoms with Crippen molar-refractivity contribution in [2.75, 3.05) is 0 Å². The maximum absolute atomic E-state index is 3.96. The number of hydrogen-bond donors (Lipinski definition) is 0. The van der Waals surface area contributed by atoms with E-state index in [-0.39, 0.29) is 7.43 Å². The van der Waals surface area contributed by atoms with Crippen LogP contribution in [0.1, 0.15) is 33.8 Å². The molecule has 0 saturated carbocycles. The molecule has 1 heterocycles.